The first-order valence-corrected chi connectivity index (χ1v) is 8.95. The van der Waals surface area contributed by atoms with Crippen molar-refractivity contribution in [3.8, 4) is 0 Å². The number of nitrogens with one attached hydrogen (secondary N) is 1. The Morgan fingerprint density at radius 3 is 2.81 bits per heavy atom. The number of carbonyl (C=O) groups excluding carboxylic acids is 1. The molecule has 3 rings (SSSR count). The van der Waals surface area contributed by atoms with Gasteiger partial charge in [0.15, 0.2) is 0 Å². The summed E-state index contributed by atoms with van der Waals surface area (Å²) in [5.41, 5.74) is -0.296. The van der Waals surface area contributed by atoms with Crippen LogP contribution in [0.15, 0.2) is 45.5 Å². The van der Waals surface area contributed by atoms with Crippen LogP contribution in [0.1, 0.15) is 36.9 Å². The van der Waals surface area contributed by atoms with Gasteiger partial charge in [-0.1, -0.05) is 18.2 Å². The lowest BCUT2D eigenvalue weighted by Crippen LogP contribution is -2.40. The average molecular weight is 428 g/mol. The lowest BCUT2D eigenvalue weighted by Gasteiger charge is -2.30. The number of rotatable bonds is 4. The molecular weight excluding hydrogens is 411 g/mol. The third kappa shape index (κ3) is 3.70. The van der Waals surface area contributed by atoms with Crippen LogP contribution in [0.25, 0.3) is 0 Å². The molecule has 0 unspecified atom stereocenters. The van der Waals surface area contributed by atoms with Crippen LogP contribution in [-0.4, -0.2) is 29.7 Å². The van der Waals surface area contributed by atoms with Crippen LogP contribution >= 0.6 is 15.9 Å². The quantitative estimate of drug-likeness (QED) is 0.781. The molecule has 138 valence electrons. The number of halogens is 4. The van der Waals surface area contributed by atoms with Gasteiger partial charge in [-0.2, -0.15) is 0 Å². The van der Waals surface area contributed by atoms with E-state index >= 15 is 0 Å². The molecule has 0 bridgehead atoms. The second-order valence-electron chi connectivity index (χ2n) is 6.07. The van der Waals surface area contributed by atoms with E-state index in [2.05, 4.69) is 26.2 Å². The summed E-state index contributed by atoms with van der Waals surface area (Å²) < 4.78 is 40.8. The number of nitrogens with zero attached hydrogens (tertiary/aromatic N) is 2. The number of hydrogen-bond acceptors (Lipinski definition) is 3. The largest absolute Gasteiger partial charge is 0.345 e. The van der Waals surface area contributed by atoms with Crippen molar-refractivity contribution in [3.63, 3.8) is 0 Å². The molecule has 0 aliphatic carbocycles. The number of carbonyl (C=O) groups is 1. The van der Waals surface area contributed by atoms with Crippen molar-refractivity contribution >= 4 is 27.7 Å². The third-order valence-corrected chi connectivity index (χ3v) is 4.68. The Hall–Kier alpha value is -2.09. The molecule has 4 nitrogen and oxygen atoms in total. The van der Waals surface area contributed by atoms with Crippen molar-refractivity contribution in [2.24, 2.45) is 4.99 Å². The van der Waals surface area contributed by atoms with E-state index in [0.29, 0.717) is 18.0 Å². The Morgan fingerprint density at radius 1 is 1.35 bits per heavy atom. The highest BCUT2D eigenvalue weighted by atomic mass is 79.9. The van der Waals surface area contributed by atoms with Gasteiger partial charge < -0.3 is 10.2 Å². The Balaban J connectivity index is 1.83. The van der Waals surface area contributed by atoms with Crippen molar-refractivity contribution in [2.75, 3.05) is 13.1 Å². The van der Waals surface area contributed by atoms with Crippen molar-refractivity contribution in [1.82, 2.24) is 10.2 Å². The number of aliphatic imine (C=N–C) groups is 1. The number of benzene rings is 1. The van der Waals surface area contributed by atoms with Crippen LogP contribution in [0.4, 0.5) is 13.2 Å². The molecule has 0 spiro atoms. The monoisotopic (exact) mass is 427 g/mol. The van der Waals surface area contributed by atoms with E-state index in [1.807, 2.05) is 11.1 Å². The minimum atomic E-state index is -2.91. The lowest BCUT2D eigenvalue weighted by atomic mass is 10.0. The Morgan fingerprint density at radius 2 is 2.08 bits per heavy atom. The highest BCUT2D eigenvalue weighted by molar-refractivity contribution is 9.11. The first kappa shape index (κ1) is 18.7. The molecular formula is C18H17BrF3N3O. The molecule has 8 heteroatoms. The summed E-state index contributed by atoms with van der Waals surface area (Å²) in [6.45, 7) is 2.93. The topological polar surface area (TPSA) is 44.7 Å². The van der Waals surface area contributed by atoms with Crippen LogP contribution in [0.2, 0.25) is 0 Å². The van der Waals surface area contributed by atoms with Gasteiger partial charge in [-0.25, -0.2) is 13.2 Å². The number of fused-ring (bicyclic) bond motifs is 1. The number of hydrogen-bond donors (Lipinski definition) is 1. The van der Waals surface area contributed by atoms with E-state index in [1.165, 1.54) is 12.1 Å². The number of allylic oxidation sites excluding steroid dienone is 2. The zero-order chi connectivity index (χ0) is 18.8. The summed E-state index contributed by atoms with van der Waals surface area (Å²) in [6, 6.07) is 3.01. The van der Waals surface area contributed by atoms with E-state index in [9.17, 15) is 18.0 Å². The van der Waals surface area contributed by atoms with Gasteiger partial charge in [0.05, 0.1) is 17.2 Å². The van der Waals surface area contributed by atoms with Crippen molar-refractivity contribution in [3.05, 3.63) is 57.5 Å². The third-order valence-electron chi connectivity index (χ3n) is 4.25. The highest BCUT2D eigenvalue weighted by Crippen LogP contribution is 2.28. The number of amidine groups is 1. The normalized spacial score (nSPS) is 17.9. The van der Waals surface area contributed by atoms with Gasteiger partial charge in [-0.3, -0.25) is 9.79 Å². The zero-order valence-electron chi connectivity index (χ0n) is 14.0. The summed E-state index contributed by atoms with van der Waals surface area (Å²) in [6.07, 6.45) is 1.47. The molecule has 1 atom stereocenters. The fourth-order valence-electron chi connectivity index (χ4n) is 2.97. The maximum Gasteiger partial charge on any atom is 0.266 e. The predicted octanol–water partition coefficient (Wildman–Crippen LogP) is 4.22. The highest BCUT2D eigenvalue weighted by Gasteiger charge is 2.28. The predicted molar refractivity (Wildman–Crippen MR) is 96.6 cm³/mol. The molecule has 2 aliphatic heterocycles. The van der Waals surface area contributed by atoms with Crippen LogP contribution < -0.4 is 5.32 Å². The summed E-state index contributed by atoms with van der Waals surface area (Å²) in [5.74, 6) is -0.869. The van der Waals surface area contributed by atoms with E-state index in [4.69, 9.17) is 0 Å². The lowest BCUT2D eigenvalue weighted by molar-refractivity contribution is -0.117. The fraction of sp³-hybridized carbons (Fsp3) is 0.333. The number of amides is 1. The van der Waals surface area contributed by atoms with Crippen LogP contribution in [0, 0.1) is 5.82 Å². The molecule has 26 heavy (non-hydrogen) atoms. The maximum absolute atomic E-state index is 14.3. The second kappa shape index (κ2) is 7.65. The summed E-state index contributed by atoms with van der Waals surface area (Å²) >= 11 is 3.37. The van der Waals surface area contributed by atoms with E-state index < -0.39 is 29.8 Å². The van der Waals surface area contributed by atoms with Crippen LogP contribution in [0.3, 0.4) is 0 Å². The fourth-order valence-corrected chi connectivity index (χ4v) is 3.44. The first-order chi connectivity index (χ1) is 12.4. The SMILES string of the molecule is C[C@@H](NC(=O)C1=CC(Br)=CN2CCCN=C12)c1cccc(C(F)F)c1F. The zero-order valence-corrected chi connectivity index (χ0v) is 15.6. The molecule has 1 N–H and O–H groups in total. The molecule has 0 fully saturated rings. The van der Waals surface area contributed by atoms with Gasteiger partial charge in [-0.15, -0.1) is 0 Å². The van der Waals surface area contributed by atoms with Gasteiger partial charge in [0.1, 0.15) is 11.7 Å². The van der Waals surface area contributed by atoms with E-state index in [1.54, 1.807) is 13.0 Å². The summed E-state index contributed by atoms with van der Waals surface area (Å²) in [4.78, 5) is 19.0. The van der Waals surface area contributed by atoms with Gasteiger partial charge in [0, 0.05) is 29.3 Å². The molecule has 0 radical (unpaired) electrons. The second-order valence-corrected chi connectivity index (χ2v) is 6.99. The smallest absolute Gasteiger partial charge is 0.266 e. The first-order valence-electron chi connectivity index (χ1n) is 8.16. The van der Waals surface area contributed by atoms with Gasteiger partial charge in [0.2, 0.25) is 0 Å². The van der Waals surface area contributed by atoms with Gasteiger partial charge in [0.25, 0.3) is 12.3 Å². The standard InChI is InChI=1S/C18H17BrF3N3O/c1-10(12-4-2-5-13(15(12)20)16(21)22)24-18(26)14-8-11(19)9-25-7-3-6-23-17(14)25/h2,4-5,8-10,16H,3,6-7H2,1H3,(H,24,26)/t10-/m1/s1. The summed E-state index contributed by atoms with van der Waals surface area (Å²) in [5, 5.41) is 2.68. The average Bonchev–Trinajstić information content (AvgIpc) is 2.60. The molecule has 1 amide bonds. The Labute approximate surface area is 157 Å². The Bertz CT molecular complexity index is 820. The molecule has 2 heterocycles. The van der Waals surface area contributed by atoms with Gasteiger partial charge in [-0.05, 0) is 35.4 Å². The Kier molecular flexibility index (Phi) is 5.50. The van der Waals surface area contributed by atoms with Crippen LogP contribution in [-0.2, 0) is 4.79 Å². The molecule has 1 aromatic rings. The molecule has 0 saturated heterocycles. The molecule has 0 saturated carbocycles. The number of alkyl halides is 2. The molecule has 0 aromatic heterocycles. The van der Waals surface area contributed by atoms with E-state index in [-0.39, 0.29) is 5.56 Å². The van der Waals surface area contributed by atoms with Crippen LogP contribution in [0.5, 0.6) is 0 Å². The minimum Gasteiger partial charge on any atom is -0.345 e. The molecule has 1 aromatic carbocycles. The van der Waals surface area contributed by atoms with Crippen molar-refractivity contribution in [2.45, 2.75) is 25.8 Å². The summed E-state index contributed by atoms with van der Waals surface area (Å²) in [7, 11) is 0. The van der Waals surface area contributed by atoms with E-state index in [0.717, 1.165) is 23.5 Å². The molecule has 2 aliphatic rings. The van der Waals surface area contributed by atoms with Crippen molar-refractivity contribution < 1.29 is 18.0 Å². The van der Waals surface area contributed by atoms with Crippen molar-refractivity contribution in [1.29, 1.82) is 0 Å². The van der Waals surface area contributed by atoms with Gasteiger partial charge >= 0.3 is 0 Å². The maximum atomic E-state index is 14.3. The minimum absolute atomic E-state index is 0.0182.